The zero-order valence-electron chi connectivity index (χ0n) is 11.1. The third-order valence-electron chi connectivity index (χ3n) is 2.86. The van der Waals surface area contributed by atoms with Crippen LogP contribution < -0.4 is 4.68 Å². The molecule has 0 aliphatic rings. The van der Waals surface area contributed by atoms with E-state index in [2.05, 4.69) is 5.21 Å². The Bertz CT molecular complexity index is 638. The number of aryl methyl sites for hydroxylation is 1. The van der Waals surface area contributed by atoms with Gasteiger partial charge in [0.1, 0.15) is 13.1 Å². The van der Waals surface area contributed by atoms with E-state index >= 15 is 0 Å². The Balaban J connectivity index is 1.81. The lowest BCUT2D eigenvalue weighted by Crippen LogP contribution is -2.36. The lowest BCUT2D eigenvalue weighted by atomic mass is 10.2. The number of aromatic nitrogens is 3. The van der Waals surface area contributed by atoms with E-state index < -0.39 is 10.1 Å². The number of hydrogen-bond donors (Lipinski definition) is 0. The SMILES string of the molecule is O=S(=O)([O-])CCCCn1cc[n+](Cc2ccccc2)n1. The van der Waals surface area contributed by atoms with Crippen LogP contribution >= 0.6 is 0 Å². The lowest BCUT2D eigenvalue weighted by molar-refractivity contribution is -0.747. The van der Waals surface area contributed by atoms with Crippen molar-refractivity contribution < 1.29 is 17.7 Å². The largest absolute Gasteiger partial charge is 0.748 e. The Kier molecular flexibility index (Phi) is 4.86. The maximum absolute atomic E-state index is 10.5. The normalized spacial score (nSPS) is 11.7. The van der Waals surface area contributed by atoms with Crippen molar-refractivity contribution >= 4 is 10.1 Å². The monoisotopic (exact) mass is 295 g/mol. The lowest BCUT2D eigenvalue weighted by Gasteiger charge is -2.04. The van der Waals surface area contributed by atoms with Gasteiger partial charge < -0.3 is 4.55 Å². The Morgan fingerprint density at radius 2 is 1.95 bits per heavy atom. The van der Waals surface area contributed by atoms with E-state index in [9.17, 15) is 13.0 Å². The number of hydrogen-bond acceptors (Lipinski definition) is 4. The molecule has 1 aromatic heterocycles. The summed E-state index contributed by atoms with van der Waals surface area (Å²) in [6.07, 6.45) is 4.70. The minimum absolute atomic E-state index is 0.307. The van der Waals surface area contributed by atoms with Gasteiger partial charge in [-0.05, 0) is 18.4 Å². The summed E-state index contributed by atoms with van der Waals surface area (Å²) in [6.45, 7) is 1.31. The zero-order valence-corrected chi connectivity index (χ0v) is 11.9. The molecule has 0 unspecified atom stereocenters. The third-order valence-corrected chi connectivity index (χ3v) is 3.65. The summed E-state index contributed by atoms with van der Waals surface area (Å²) < 4.78 is 35.0. The maximum atomic E-state index is 10.5. The van der Waals surface area contributed by atoms with Crippen LogP contribution in [0.5, 0.6) is 0 Å². The van der Waals surface area contributed by atoms with Crippen LogP contribution in [0.2, 0.25) is 0 Å². The molecule has 7 heteroatoms. The second-order valence-corrected chi connectivity index (χ2v) is 6.13. The minimum atomic E-state index is -4.10. The molecule has 2 rings (SSSR count). The fourth-order valence-electron chi connectivity index (χ4n) is 1.89. The molecule has 20 heavy (non-hydrogen) atoms. The molecule has 1 aromatic carbocycles. The number of nitrogens with zero attached hydrogens (tertiary/aromatic N) is 3. The van der Waals surface area contributed by atoms with E-state index in [-0.39, 0.29) is 5.75 Å². The molecular formula is C13H17N3O3S. The van der Waals surface area contributed by atoms with E-state index in [1.54, 1.807) is 4.68 Å². The molecule has 0 atom stereocenters. The first-order valence-electron chi connectivity index (χ1n) is 6.44. The van der Waals surface area contributed by atoms with Gasteiger partial charge in [-0.25, -0.2) is 8.42 Å². The third kappa shape index (κ3) is 5.10. The second kappa shape index (κ2) is 6.62. The van der Waals surface area contributed by atoms with E-state index in [0.29, 0.717) is 25.9 Å². The van der Waals surface area contributed by atoms with Crippen molar-refractivity contribution in [3.63, 3.8) is 0 Å². The minimum Gasteiger partial charge on any atom is -0.748 e. The number of benzene rings is 1. The van der Waals surface area contributed by atoms with Gasteiger partial charge in [0.2, 0.25) is 0 Å². The van der Waals surface area contributed by atoms with Gasteiger partial charge in [0.25, 0.3) is 0 Å². The quantitative estimate of drug-likeness (QED) is 0.424. The van der Waals surface area contributed by atoms with Crippen LogP contribution in [0.25, 0.3) is 0 Å². The van der Waals surface area contributed by atoms with Crippen LogP contribution in [0.3, 0.4) is 0 Å². The van der Waals surface area contributed by atoms with Gasteiger partial charge in [0, 0.05) is 5.75 Å². The summed E-state index contributed by atoms with van der Waals surface area (Å²) in [7, 11) is -4.10. The average Bonchev–Trinajstić information content (AvgIpc) is 2.82. The summed E-state index contributed by atoms with van der Waals surface area (Å²) in [4.78, 5) is 0. The van der Waals surface area contributed by atoms with Gasteiger partial charge in [0.15, 0.2) is 12.4 Å². The molecule has 0 amide bonds. The highest BCUT2D eigenvalue weighted by Gasteiger charge is 2.06. The molecule has 0 aliphatic carbocycles. The molecule has 0 spiro atoms. The predicted molar refractivity (Wildman–Crippen MR) is 71.8 cm³/mol. The van der Waals surface area contributed by atoms with Crippen molar-refractivity contribution in [2.45, 2.75) is 25.9 Å². The highest BCUT2D eigenvalue weighted by molar-refractivity contribution is 7.85. The highest BCUT2D eigenvalue weighted by Crippen LogP contribution is 1.98. The van der Waals surface area contributed by atoms with Crippen molar-refractivity contribution in [1.82, 2.24) is 9.90 Å². The Hall–Kier alpha value is -1.73. The topological polar surface area (TPSA) is 78.9 Å². The zero-order chi connectivity index (χ0) is 14.4. The average molecular weight is 295 g/mol. The van der Waals surface area contributed by atoms with Crippen molar-refractivity contribution in [3.05, 3.63) is 48.3 Å². The van der Waals surface area contributed by atoms with Crippen molar-refractivity contribution in [3.8, 4) is 0 Å². The Labute approximate surface area is 118 Å². The Morgan fingerprint density at radius 1 is 1.20 bits per heavy atom. The maximum Gasteiger partial charge on any atom is 0.155 e. The van der Waals surface area contributed by atoms with Crippen molar-refractivity contribution in [1.29, 1.82) is 0 Å². The molecule has 6 nitrogen and oxygen atoms in total. The van der Waals surface area contributed by atoms with Crippen LogP contribution in [0.4, 0.5) is 0 Å². The smallest absolute Gasteiger partial charge is 0.155 e. The number of rotatable bonds is 7. The van der Waals surface area contributed by atoms with Crippen LogP contribution in [-0.2, 0) is 23.2 Å². The van der Waals surface area contributed by atoms with Crippen LogP contribution in [0.1, 0.15) is 18.4 Å². The van der Waals surface area contributed by atoms with Crippen molar-refractivity contribution in [2.24, 2.45) is 0 Å². The van der Waals surface area contributed by atoms with Gasteiger partial charge in [0.05, 0.1) is 15.3 Å². The van der Waals surface area contributed by atoms with E-state index in [4.69, 9.17) is 0 Å². The molecule has 0 bridgehead atoms. The molecule has 0 fully saturated rings. The Morgan fingerprint density at radius 3 is 2.65 bits per heavy atom. The van der Waals surface area contributed by atoms with Crippen LogP contribution in [0.15, 0.2) is 42.7 Å². The van der Waals surface area contributed by atoms with E-state index in [0.717, 1.165) is 0 Å². The summed E-state index contributed by atoms with van der Waals surface area (Å²) in [5, 5.41) is 4.35. The summed E-state index contributed by atoms with van der Waals surface area (Å²) in [5.41, 5.74) is 1.17. The second-order valence-electron chi connectivity index (χ2n) is 4.60. The van der Waals surface area contributed by atoms with Crippen molar-refractivity contribution in [2.75, 3.05) is 5.75 Å². The van der Waals surface area contributed by atoms with Gasteiger partial charge in [-0.15, -0.1) is 9.36 Å². The van der Waals surface area contributed by atoms with Crippen LogP contribution in [0, 0.1) is 0 Å². The predicted octanol–water partition coefficient (Wildman–Crippen LogP) is 0.544. The first kappa shape index (κ1) is 14.7. The molecular weight excluding hydrogens is 278 g/mol. The fraction of sp³-hybridized carbons (Fsp3) is 0.385. The standard InChI is InChI=1S/C13H17N3O3S/c17-20(18,19)11-5-4-8-15-9-10-16(14-15)12-13-6-2-1-3-7-13/h1-3,6-7,9-10H,4-5,8,11-12H2. The summed E-state index contributed by atoms with van der Waals surface area (Å²) in [5.74, 6) is -0.307. The van der Waals surface area contributed by atoms with E-state index in [1.807, 2.05) is 47.4 Å². The molecule has 1 heterocycles. The molecule has 0 saturated carbocycles. The fourth-order valence-corrected chi connectivity index (χ4v) is 2.45. The molecule has 0 aliphatic heterocycles. The molecule has 0 N–H and O–H groups in total. The number of unbranched alkanes of at least 4 members (excludes halogenated alkanes) is 1. The first-order valence-corrected chi connectivity index (χ1v) is 8.01. The van der Waals surface area contributed by atoms with Gasteiger partial charge >= 0.3 is 0 Å². The summed E-state index contributed by atoms with van der Waals surface area (Å²) in [6, 6.07) is 10.00. The van der Waals surface area contributed by atoms with Crippen LogP contribution in [-0.4, -0.2) is 28.6 Å². The van der Waals surface area contributed by atoms with E-state index in [1.165, 1.54) is 5.56 Å². The van der Waals surface area contributed by atoms with Gasteiger partial charge in [-0.2, -0.15) is 0 Å². The summed E-state index contributed by atoms with van der Waals surface area (Å²) >= 11 is 0. The van der Waals surface area contributed by atoms with Gasteiger partial charge in [-0.3, -0.25) is 0 Å². The molecule has 0 radical (unpaired) electrons. The molecule has 0 saturated heterocycles. The first-order chi connectivity index (χ1) is 9.53. The molecule has 108 valence electrons. The highest BCUT2D eigenvalue weighted by atomic mass is 32.2. The van der Waals surface area contributed by atoms with Gasteiger partial charge in [-0.1, -0.05) is 30.3 Å². The molecule has 2 aromatic rings.